The summed E-state index contributed by atoms with van der Waals surface area (Å²) in [6.07, 6.45) is 0.868. The number of amides is 1. The third kappa shape index (κ3) is 4.05. The highest BCUT2D eigenvalue weighted by Gasteiger charge is 2.48. The highest BCUT2D eigenvalue weighted by molar-refractivity contribution is 7.99. The van der Waals surface area contributed by atoms with Crippen molar-refractivity contribution in [2.45, 2.75) is 31.6 Å². The molecule has 0 saturated carbocycles. The van der Waals surface area contributed by atoms with Crippen molar-refractivity contribution >= 4 is 23.6 Å². The molecule has 1 aliphatic heterocycles. The fraction of sp³-hybridized carbons (Fsp3) is 0.529. The van der Waals surface area contributed by atoms with E-state index in [0.29, 0.717) is 31.7 Å². The van der Waals surface area contributed by atoms with Crippen molar-refractivity contribution in [2.24, 2.45) is 11.3 Å². The maximum Gasteiger partial charge on any atom is 0.311 e. The van der Waals surface area contributed by atoms with Gasteiger partial charge < -0.3 is 10.0 Å². The minimum atomic E-state index is -0.820. The zero-order valence-corrected chi connectivity index (χ0v) is 14.2. The Bertz CT molecular complexity index is 576. The number of rotatable bonds is 6. The third-order valence-electron chi connectivity index (χ3n) is 4.58. The first-order valence-corrected chi connectivity index (χ1v) is 8.73. The van der Waals surface area contributed by atoms with E-state index in [1.54, 1.807) is 17.0 Å². The molecule has 6 heteroatoms. The van der Waals surface area contributed by atoms with E-state index in [0.717, 1.165) is 4.90 Å². The zero-order chi connectivity index (χ0) is 17.0. The predicted molar refractivity (Wildman–Crippen MR) is 87.8 cm³/mol. The topological polar surface area (TPSA) is 57.6 Å². The van der Waals surface area contributed by atoms with Gasteiger partial charge in [-0.2, -0.15) is 0 Å². The Hall–Kier alpha value is -1.56. The maximum absolute atomic E-state index is 12.8. The Morgan fingerprint density at radius 3 is 2.52 bits per heavy atom. The van der Waals surface area contributed by atoms with Gasteiger partial charge in [-0.05, 0) is 36.6 Å². The molecule has 1 aliphatic rings. The first kappa shape index (κ1) is 17.8. The molecule has 0 aromatic heterocycles. The number of likely N-dealkylation sites (tertiary alicyclic amines) is 1. The number of thioether (sulfide) groups is 1. The molecular formula is C17H22FNO3S. The van der Waals surface area contributed by atoms with Crippen LogP contribution >= 0.6 is 11.8 Å². The molecule has 0 bridgehead atoms. The number of carboxylic acids is 1. The molecule has 1 aromatic rings. The van der Waals surface area contributed by atoms with Gasteiger partial charge in [0.25, 0.3) is 0 Å². The first-order chi connectivity index (χ1) is 10.8. The molecule has 1 heterocycles. The normalized spacial score (nSPS) is 21.0. The summed E-state index contributed by atoms with van der Waals surface area (Å²) in [5.41, 5.74) is -0.820. The number of nitrogens with zero attached hydrogens (tertiary/aromatic N) is 1. The lowest BCUT2D eigenvalue weighted by Crippen LogP contribution is -2.40. The van der Waals surface area contributed by atoms with Crippen LogP contribution in [0.15, 0.2) is 29.2 Å². The van der Waals surface area contributed by atoms with Gasteiger partial charge in [0.2, 0.25) is 5.91 Å². The maximum atomic E-state index is 12.8. The molecule has 0 radical (unpaired) electrons. The first-order valence-electron chi connectivity index (χ1n) is 7.75. The highest BCUT2D eigenvalue weighted by Crippen LogP contribution is 2.38. The number of hydrogen-bond donors (Lipinski definition) is 1. The van der Waals surface area contributed by atoms with Gasteiger partial charge in [0.05, 0.1) is 5.41 Å². The van der Waals surface area contributed by atoms with E-state index in [1.807, 2.05) is 13.8 Å². The van der Waals surface area contributed by atoms with E-state index in [2.05, 4.69) is 0 Å². The number of carboxylic acid groups (broad SMARTS) is 1. The third-order valence-corrected chi connectivity index (χ3v) is 5.60. The quantitative estimate of drug-likeness (QED) is 0.808. The number of carbonyl (C=O) groups is 2. The van der Waals surface area contributed by atoms with Gasteiger partial charge in [-0.3, -0.25) is 9.59 Å². The number of aliphatic carboxylic acids is 1. The summed E-state index contributed by atoms with van der Waals surface area (Å²) in [4.78, 5) is 26.5. The molecule has 1 N–H and O–H groups in total. The second-order valence-corrected chi connectivity index (χ2v) is 7.40. The summed E-state index contributed by atoms with van der Waals surface area (Å²) >= 11 is 1.50. The Balaban J connectivity index is 1.85. The van der Waals surface area contributed by atoms with E-state index in [9.17, 15) is 19.1 Å². The van der Waals surface area contributed by atoms with E-state index in [4.69, 9.17) is 0 Å². The van der Waals surface area contributed by atoms with E-state index >= 15 is 0 Å². The van der Waals surface area contributed by atoms with Crippen molar-refractivity contribution in [3.05, 3.63) is 30.1 Å². The van der Waals surface area contributed by atoms with Gasteiger partial charge in [0, 0.05) is 30.2 Å². The average Bonchev–Trinajstić information content (AvgIpc) is 2.96. The lowest BCUT2D eigenvalue weighted by molar-refractivity contribution is -0.151. The molecule has 1 saturated heterocycles. The van der Waals surface area contributed by atoms with Crippen LogP contribution in [0.5, 0.6) is 0 Å². The highest BCUT2D eigenvalue weighted by atomic mass is 32.2. The summed E-state index contributed by atoms with van der Waals surface area (Å²) in [7, 11) is 0. The van der Waals surface area contributed by atoms with Crippen molar-refractivity contribution in [3.8, 4) is 0 Å². The molecule has 1 unspecified atom stereocenters. The SMILES string of the molecule is CC(C)C1(C(=O)O)CCN(C(=O)CCSc2ccc(F)cc2)C1. The van der Waals surface area contributed by atoms with Crippen LogP contribution in [0.1, 0.15) is 26.7 Å². The smallest absolute Gasteiger partial charge is 0.311 e. The predicted octanol–water partition coefficient (Wildman–Crippen LogP) is 3.27. The zero-order valence-electron chi connectivity index (χ0n) is 13.4. The molecule has 0 aliphatic carbocycles. The van der Waals surface area contributed by atoms with Crippen LogP contribution in [0.25, 0.3) is 0 Å². The monoisotopic (exact) mass is 339 g/mol. The van der Waals surface area contributed by atoms with E-state index in [-0.39, 0.29) is 17.6 Å². The Kier molecular flexibility index (Phi) is 5.68. The van der Waals surface area contributed by atoms with Crippen LogP contribution < -0.4 is 0 Å². The molecular weight excluding hydrogens is 317 g/mol. The van der Waals surface area contributed by atoms with Crippen LogP contribution in [-0.4, -0.2) is 40.7 Å². The summed E-state index contributed by atoms with van der Waals surface area (Å²) in [6, 6.07) is 6.17. The van der Waals surface area contributed by atoms with Crippen LogP contribution in [0, 0.1) is 17.2 Å². The summed E-state index contributed by atoms with van der Waals surface area (Å²) in [5.74, 6) is -0.512. The van der Waals surface area contributed by atoms with Gasteiger partial charge in [0.1, 0.15) is 5.82 Å². The molecule has 1 fully saturated rings. The van der Waals surface area contributed by atoms with Crippen LogP contribution in [0.4, 0.5) is 4.39 Å². The van der Waals surface area contributed by atoms with Crippen molar-refractivity contribution in [1.82, 2.24) is 4.90 Å². The lowest BCUT2D eigenvalue weighted by atomic mass is 9.76. The molecule has 23 heavy (non-hydrogen) atoms. The van der Waals surface area contributed by atoms with Crippen molar-refractivity contribution in [2.75, 3.05) is 18.8 Å². The lowest BCUT2D eigenvalue weighted by Gasteiger charge is -2.28. The average molecular weight is 339 g/mol. The van der Waals surface area contributed by atoms with E-state index < -0.39 is 11.4 Å². The fourth-order valence-corrected chi connectivity index (χ4v) is 3.72. The molecule has 2 rings (SSSR count). The summed E-state index contributed by atoms with van der Waals surface area (Å²) in [6.45, 7) is 4.59. The van der Waals surface area contributed by atoms with Gasteiger partial charge in [-0.25, -0.2) is 4.39 Å². The number of halogens is 1. The molecule has 1 aromatic carbocycles. The Morgan fingerprint density at radius 1 is 1.35 bits per heavy atom. The summed E-state index contributed by atoms with van der Waals surface area (Å²) < 4.78 is 12.8. The van der Waals surface area contributed by atoms with Gasteiger partial charge in [0.15, 0.2) is 0 Å². The van der Waals surface area contributed by atoms with Crippen LogP contribution in [0.2, 0.25) is 0 Å². The molecule has 4 nitrogen and oxygen atoms in total. The van der Waals surface area contributed by atoms with Crippen molar-refractivity contribution in [3.63, 3.8) is 0 Å². The molecule has 0 spiro atoms. The summed E-state index contributed by atoms with van der Waals surface area (Å²) in [5, 5.41) is 9.51. The minimum Gasteiger partial charge on any atom is -0.481 e. The van der Waals surface area contributed by atoms with Gasteiger partial charge in [-0.1, -0.05) is 13.8 Å². The Morgan fingerprint density at radius 2 is 2.00 bits per heavy atom. The minimum absolute atomic E-state index is 0.00797. The van der Waals surface area contributed by atoms with Gasteiger partial charge in [-0.15, -0.1) is 11.8 Å². The number of benzene rings is 1. The largest absolute Gasteiger partial charge is 0.481 e. The van der Waals surface area contributed by atoms with E-state index in [1.165, 1.54) is 23.9 Å². The fourth-order valence-electron chi connectivity index (χ4n) is 2.88. The second kappa shape index (κ2) is 7.34. The van der Waals surface area contributed by atoms with Crippen molar-refractivity contribution in [1.29, 1.82) is 0 Å². The second-order valence-electron chi connectivity index (χ2n) is 6.23. The molecule has 126 valence electrons. The Labute approximate surface area is 140 Å². The standard InChI is InChI=1S/C17H22FNO3S/c1-12(2)17(16(21)22)8-9-19(11-17)15(20)7-10-23-14-5-3-13(18)4-6-14/h3-6,12H,7-11H2,1-2H3,(H,21,22). The van der Waals surface area contributed by atoms with Crippen molar-refractivity contribution < 1.29 is 19.1 Å². The van der Waals surface area contributed by atoms with Gasteiger partial charge >= 0.3 is 5.97 Å². The number of hydrogen-bond acceptors (Lipinski definition) is 3. The number of carbonyl (C=O) groups excluding carboxylic acids is 1. The van der Waals surface area contributed by atoms with Crippen LogP contribution in [0.3, 0.4) is 0 Å². The molecule has 1 atom stereocenters. The van der Waals surface area contributed by atoms with Crippen LogP contribution in [-0.2, 0) is 9.59 Å². The molecule has 1 amide bonds.